The number of ether oxygens (including phenoxy) is 1. The molecule has 0 saturated heterocycles. The molecule has 0 unspecified atom stereocenters. The Hall–Kier alpha value is -2.71. The molecule has 0 bridgehead atoms. The van der Waals surface area contributed by atoms with E-state index in [-0.39, 0.29) is 5.56 Å². The van der Waals surface area contributed by atoms with Gasteiger partial charge in [-0.05, 0) is 6.07 Å². The molecule has 1 heterocycles. The van der Waals surface area contributed by atoms with Crippen LogP contribution in [0.3, 0.4) is 0 Å². The third-order valence-corrected chi connectivity index (χ3v) is 6.77. The SMILES string of the molecule is COC(=O)c1cncc(P(=O)(c2ccccc2)c2ccccc2)c1. The first-order chi connectivity index (χ1) is 11.7. The number of carbonyl (C=O) groups is 1. The van der Waals surface area contributed by atoms with E-state index in [9.17, 15) is 9.36 Å². The predicted molar refractivity (Wildman–Crippen MR) is 95.0 cm³/mol. The van der Waals surface area contributed by atoms with Crippen LogP contribution in [-0.2, 0) is 9.30 Å². The van der Waals surface area contributed by atoms with E-state index in [0.29, 0.717) is 15.9 Å². The van der Waals surface area contributed by atoms with Gasteiger partial charge in [0.05, 0.1) is 12.7 Å². The third kappa shape index (κ3) is 2.89. The molecular weight excluding hydrogens is 321 g/mol. The number of aromatic nitrogens is 1. The quantitative estimate of drug-likeness (QED) is 0.542. The summed E-state index contributed by atoms with van der Waals surface area (Å²) in [5.74, 6) is -0.503. The summed E-state index contributed by atoms with van der Waals surface area (Å²) in [4.78, 5) is 15.9. The fraction of sp³-hybridized carbons (Fsp3) is 0.0526. The molecule has 3 rings (SSSR count). The van der Waals surface area contributed by atoms with Crippen molar-refractivity contribution in [3.8, 4) is 0 Å². The number of nitrogens with zero attached hydrogens (tertiary/aromatic N) is 1. The molecule has 0 saturated carbocycles. The largest absolute Gasteiger partial charge is 0.465 e. The maximum absolute atomic E-state index is 14.1. The van der Waals surface area contributed by atoms with Crippen molar-refractivity contribution in [3.63, 3.8) is 0 Å². The number of pyridine rings is 1. The first kappa shape index (κ1) is 16.2. The number of carbonyl (C=O) groups excluding carboxylic acids is 1. The van der Waals surface area contributed by atoms with E-state index in [1.54, 1.807) is 12.3 Å². The molecule has 120 valence electrons. The highest BCUT2D eigenvalue weighted by atomic mass is 31.2. The molecule has 5 heteroatoms. The molecule has 0 aliphatic carbocycles. The van der Waals surface area contributed by atoms with Crippen LogP contribution in [-0.4, -0.2) is 18.1 Å². The third-order valence-electron chi connectivity index (χ3n) is 3.75. The van der Waals surface area contributed by atoms with E-state index < -0.39 is 13.1 Å². The van der Waals surface area contributed by atoms with Gasteiger partial charge in [0.2, 0.25) is 0 Å². The Morgan fingerprint density at radius 2 is 1.42 bits per heavy atom. The van der Waals surface area contributed by atoms with Crippen LogP contribution in [0.15, 0.2) is 79.1 Å². The summed E-state index contributed by atoms with van der Waals surface area (Å²) in [7, 11) is -1.82. The molecule has 0 radical (unpaired) electrons. The lowest BCUT2D eigenvalue weighted by molar-refractivity contribution is 0.0600. The number of benzene rings is 2. The van der Waals surface area contributed by atoms with Crippen LogP contribution in [0, 0.1) is 0 Å². The molecule has 4 nitrogen and oxygen atoms in total. The van der Waals surface area contributed by atoms with Crippen LogP contribution in [0.5, 0.6) is 0 Å². The highest BCUT2D eigenvalue weighted by Crippen LogP contribution is 2.42. The molecule has 24 heavy (non-hydrogen) atoms. The Morgan fingerprint density at radius 1 is 0.875 bits per heavy atom. The Kier molecular flexibility index (Phi) is 4.59. The monoisotopic (exact) mass is 337 g/mol. The second kappa shape index (κ2) is 6.81. The number of hydrogen-bond donors (Lipinski definition) is 0. The Morgan fingerprint density at radius 3 is 1.92 bits per heavy atom. The molecule has 0 N–H and O–H groups in total. The van der Waals surface area contributed by atoms with Gasteiger partial charge < -0.3 is 9.30 Å². The number of methoxy groups -OCH3 is 1. The van der Waals surface area contributed by atoms with Gasteiger partial charge in [-0.15, -0.1) is 0 Å². The lowest BCUT2D eigenvalue weighted by Gasteiger charge is -2.19. The van der Waals surface area contributed by atoms with Gasteiger partial charge in [-0.3, -0.25) is 4.98 Å². The van der Waals surface area contributed by atoms with Crippen LogP contribution in [0.25, 0.3) is 0 Å². The lowest BCUT2D eigenvalue weighted by Crippen LogP contribution is -2.26. The zero-order chi connectivity index (χ0) is 17.0. The lowest BCUT2D eigenvalue weighted by atomic mass is 10.3. The van der Waals surface area contributed by atoms with Gasteiger partial charge in [-0.25, -0.2) is 4.79 Å². The van der Waals surface area contributed by atoms with Gasteiger partial charge in [0.1, 0.15) is 0 Å². The van der Waals surface area contributed by atoms with E-state index in [4.69, 9.17) is 4.74 Å². The van der Waals surface area contributed by atoms with Crippen molar-refractivity contribution in [1.29, 1.82) is 0 Å². The molecule has 0 amide bonds. The number of rotatable bonds is 4. The summed E-state index contributed by atoms with van der Waals surface area (Å²) < 4.78 is 18.8. The smallest absolute Gasteiger partial charge is 0.339 e. The van der Waals surface area contributed by atoms with Crippen molar-refractivity contribution in [3.05, 3.63) is 84.7 Å². The molecule has 0 atom stereocenters. The molecule has 3 aromatic rings. The van der Waals surface area contributed by atoms with Crippen LogP contribution in [0.2, 0.25) is 0 Å². The number of esters is 1. The minimum absolute atomic E-state index is 0.280. The zero-order valence-electron chi connectivity index (χ0n) is 13.1. The van der Waals surface area contributed by atoms with E-state index in [0.717, 1.165) is 0 Å². The van der Waals surface area contributed by atoms with Gasteiger partial charge in [0, 0.05) is 28.3 Å². The topological polar surface area (TPSA) is 56.3 Å². The number of hydrogen-bond acceptors (Lipinski definition) is 4. The predicted octanol–water partition coefficient (Wildman–Crippen LogP) is 2.51. The average molecular weight is 337 g/mol. The second-order valence-electron chi connectivity index (χ2n) is 5.20. The second-order valence-corrected chi connectivity index (χ2v) is 7.97. The molecule has 0 spiro atoms. The standard InChI is InChI=1S/C19H16NO3P/c1-23-19(21)15-12-18(14-20-13-15)24(22,16-8-4-2-5-9-16)17-10-6-3-7-11-17/h2-14H,1H3. The maximum atomic E-state index is 14.1. The van der Waals surface area contributed by atoms with Gasteiger partial charge in [0.25, 0.3) is 0 Å². The first-order valence-electron chi connectivity index (χ1n) is 7.41. The minimum Gasteiger partial charge on any atom is -0.465 e. The van der Waals surface area contributed by atoms with Crippen molar-refractivity contribution in [1.82, 2.24) is 4.98 Å². The zero-order valence-corrected chi connectivity index (χ0v) is 14.0. The van der Waals surface area contributed by atoms with E-state index in [2.05, 4.69) is 4.98 Å². The van der Waals surface area contributed by atoms with Crippen molar-refractivity contribution < 1.29 is 14.1 Å². The van der Waals surface area contributed by atoms with Crippen molar-refractivity contribution in [2.45, 2.75) is 0 Å². The maximum Gasteiger partial charge on any atom is 0.339 e. The van der Waals surface area contributed by atoms with Crippen molar-refractivity contribution in [2.24, 2.45) is 0 Å². The highest BCUT2D eigenvalue weighted by molar-refractivity contribution is 7.85. The Labute approximate surface area is 140 Å². The molecule has 0 aliphatic rings. The van der Waals surface area contributed by atoms with Crippen LogP contribution < -0.4 is 15.9 Å². The summed E-state index contributed by atoms with van der Waals surface area (Å²) >= 11 is 0. The fourth-order valence-corrected chi connectivity index (χ4v) is 5.18. The van der Waals surface area contributed by atoms with Gasteiger partial charge >= 0.3 is 5.97 Å². The fourth-order valence-electron chi connectivity index (χ4n) is 2.55. The summed E-state index contributed by atoms with van der Waals surface area (Å²) in [5.41, 5.74) is 0.280. The summed E-state index contributed by atoms with van der Waals surface area (Å²) in [6.45, 7) is 0. The highest BCUT2D eigenvalue weighted by Gasteiger charge is 2.30. The van der Waals surface area contributed by atoms with Crippen LogP contribution in [0.1, 0.15) is 10.4 Å². The Balaban J connectivity index is 2.24. The van der Waals surface area contributed by atoms with Crippen molar-refractivity contribution >= 4 is 29.0 Å². The average Bonchev–Trinajstić information content (AvgIpc) is 2.68. The summed E-state index contributed by atoms with van der Waals surface area (Å²) in [6, 6.07) is 20.1. The minimum atomic E-state index is -3.12. The summed E-state index contributed by atoms with van der Waals surface area (Å²) in [5, 5.41) is 1.89. The molecular formula is C19H16NO3P. The van der Waals surface area contributed by atoms with Crippen LogP contribution >= 0.6 is 7.14 Å². The molecule has 0 aliphatic heterocycles. The normalized spacial score (nSPS) is 11.0. The van der Waals surface area contributed by atoms with E-state index in [1.807, 2.05) is 60.7 Å². The van der Waals surface area contributed by atoms with E-state index >= 15 is 0 Å². The van der Waals surface area contributed by atoms with Gasteiger partial charge in [-0.1, -0.05) is 60.7 Å². The van der Waals surface area contributed by atoms with Gasteiger partial charge in [0.15, 0.2) is 7.14 Å². The molecule has 0 fully saturated rings. The van der Waals surface area contributed by atoms with Crippen molar-refractivity contribution in [2.75, 3.05) is 7.11 Å². The van der Waals surface area contributed by atoms with Crippen LogP contribution in [0.4, 0.5) is 0 Å². The first-order valence-corrected chi connectivity index (χ1v) is 9.12. The van der Waals surface area contributed by atoms with Gasteiger partial charge in [-0.2, -0.15) is 0 Å². The Bertz CT molecular complexity index is 851. The molecule has 2 aromatic carbocycles. The molecule has 1 aromatic heterocycles. The van der Waals surface area contributed by atoms with E-state index in [1.165, 1.54) is 13.3 Å². The summed E-state index contributed by atoms with van der Waals surface area (Å²) in [6.07, 6.45) is 2.96.